The van der Waals surface area contributed by atoms with E-state index in [0.29, 0.717) is 0 Å². The Labute approximate surface area is 109 Å². The molecule has 2 atom stereocenters. The van der Waals surface area contributed by atoms with Crippen molar-refractivity contribution >= 4 is 5.69 Å². The molecule has 0 aromatic heterocycles. The molecule has 1 aromatic carbocycles. The Morgan fingerprint density at radius 1 is 1.17 bits per heavy atom. The molecular weight excluding hydrogens is 228 g/mol. The van der Waals surface area contributed by atoms with Gasteiger partial charge in [0, 0.05) is 39.5 Å². The predicted molar refractivity (Wildman–Crippen MR) is 72.6 cm³/mol. The first-order chi connectivity index (χ1) is 8.74. The number of hydrogen-bond donors (Lipinski definition) is 1. The number of nitrogen functional groups attached to an aromatic ring is 1. The summed E-state index contributed by atoms with van der Waals surface area (Å²) in [4.78, 5) is 2.37. The van der Waals surface area contributed by atoms with E-state index in [1.54, 1.807) is 14.2 Å². The molecule has 1 saturated heterocycles. The largest absolute Gasteiger partial charge is 0.399 e. The lowest BCUT2D eigenvalue weighted by Gasteiger charge is -2.15. The van der Waals surface area contributed by atoms with Crippen molar-refractivity contribution in [1.82, 2.24) is 4.90 Å². The van der Waals surface area contributed by atoms with E-state index in [1.165, 1.54) is 5.56 Å². The standard InChI is InChI=1S/C14H22N2O2/c1-17-13-9-16(10-14(13)18-2)8-7-11-5-3-4-6-12(11)15/h3-6,13-14H,7-10,15H2,1-2H3. The van der Waals surface area contributed by atoms with E-state index >= 15 is 0 Å². The first-order valence-electron chi connectivity index (χ1n) is 6.36. The second-order valence-corrected chi connectivity index (χ2v) is 4.76. The Kier molecular flexibility index (Phi) is 4.58. The first kappa shape index (κ1) is 13.3. The first-order valence-corrected chi connectivity index (χ1v) is 6.36. The molecule has 18 heavy (non-hydrogen) atoms. The van der Waals surface area contributed by atoms with Gasteiger partial charge >= 0.3 is 0 Å². The molecular formula is C14H22N2O2. The van der Waals surface area contributed by atoms with Gasteiger partial charge in [-0.1, -0.05) is 18.2 Å². The number of likely N-dealkylation sites (tertiary alicyclic amines) is 1. The Balaban J connectivity index is 1.87. The minimum Gasteiger partial charge on any atom is -0.399 e. The maximum atomic E-state index is 5.94. The smallest absolute Gasteiger partial charge is 0.0971 e. The van der Waals surface area contributed by atoms with Crippen molar-refractivity contribution in [1.29, 1.82) is 0 Å². The molecule has 0 aliphatic carbocycles. The molecule has 4 nitrogen and oxygen atoms in total. The third-order valence-corrected chi connectivity index (χ3v) is 3.65. The van der Waals surface area contributed by atoms with Crippen LogP contribution in [0.2, 0.25) is 0 Å². The fraction of sp³-hybridized carbons (Fsp3) is 0.571. The Morgan fingerprint density at radius 3 is 2.33 bits per heavy atom. The van der Waals surface area contributed by atoms with E-state index in [4.69, 9.17) is 15.2 Å². The summed E-state index contributed by atoms with van der Waals surface area (Å²) in [5, 5.41) is 0. The molecule has 1 aliphatic rings. The van der Waals surface area contributed by atoms with Gasteiger partial charge in [-0.25, -0.2) is 0 Å². The van der Waals surface area contributed by atoms with Crippen LogP contribution in [0.5, 0.6) is 0 Å². The minimum absolute atomic E-state index is 0.183. The fourth-order valence-corrected chi connectivity index (χ4v) is 2.49. The molecule has 100 valence electrons. The summed E-state index contributed by atoms with van der Waals surface area (Å²) in [7, 11) is 3.49. The van der Waals surface area contributed by atoms with Crippen molar-refractivity contribution in [3.63, 3.8) is 0 Å². The van der Waals surface area contributed by atoms with E-state index in [2.05, 4.69) is 11.0 Å². The number of rotatable bonds is 5. The monoisotopic (exact) mass is 250 g/mol. The highest BCUT2D eigenvalue weighted by molar-refractivity contribution is 5.46. The molecule has 1 fully saturated rings. The summed E-state index contributed by atoms with van der Waals surface area (Å²) in [5.74, 6) is 0. The van der Waals surface area contributed by atoms with Crippen molar-refractivity contribution in [3.05, 3.63) is 29.8 Å². The number of para-hydroxylation sites is 1. The number of nitrogens with two attached hydrogens (primary N) is 1. The van der Waals surface area contributed by atoms with Crippen molar-refractivity contribution in [2.24, 2.45) is 0 Å². The van der Waals surface area contributed by atoms with E-state index in [0.717, 1.165) is 31.7 Å². The molecule has 0 spiro atoms. The molecule has 0 amide bonds. The van der Waals surface area contributed by atoms with E-state index < -0.39 is 0 Å². The van der Waals surface area contributed by atoms with Crippen LogP contribution in [0.4, 0.5) is 5.69 Å². The highest BCUT2D eigenvalue weighted by atomic mass is 16.5. The average molecular weight is 250 g/mol. The maximum Gasteiger partial charge on any atom is 0.0971 e. The highest BCUT2D eigenvalue weighted by Crippen LogP contribution is 2.17. The van der Waals surface area contributed by atoms with E-state index in [9.17, 15) is 0 Å². The molecule has 2 unspecified atom stereocenters. The lowest BCUT2D eigenvalue weighted by atomic mass is 10.1. The van der Waals surface area contributed by atoms with Gasteiger partial charge in [0.2, 0.25) is 0 Å². The fourth-order valence-electron chi connectivity index (χ4n) is 2.49. The zero-order valence-electron chi connectivity index (χ0n) is 11.1. The summed E-state index contributed by atoms with van der Waals surface area (Å²) >= 11 is 0. The highest BCUT2D eigenvalue weighted by Gasteiger charge is 2.32. The maximum absolute atomic E-state index is 5.94. The number of methoxy groups -OCH3 is 2. The van der Waals surface area contributed by atoms with Gasteiger partial charge in [0.1, 0.15) is 0 Å². The molecule has 2 N–H and O–H groups in total. The molecule has 2 rings (SSSR count). The van der Waals surface area contributed by atoms with Crippen molar-refractivity contribution < 1.29 is 9.47 Å². The third-order valence-electron chi connectivity index (χ3n) is 3.65. The zero-order chi connectivity index (χ0) is 13.0. The molecule has 0 bridgehead atoms. The summed E-state index contributed by atoms with van der Waals surface area (Å²) in [5.41, 5.74) is 8.04. The van der Waals surface area contributed by atoms with Gasteiger partial charge in [-0.2, -0.15) is 0 Å². The lowest BCUT2D eigenvalue weighted by Crippen LogP contribution is -2.27. The van der Waals surface area contributed by atoms with Crippen LogP contribution < -0.4 is 5.73 Å². The van der Waals surface area contributed by atoms with Crippen molar-refractivity contribution in [2.75, 3.05) is 39.6 Å². The molecule has 1 aliphatic heterocycles. The molecule has 4 heteroatoms. The van der Waals surface area contributed by atoms with Gasteiger partial charge in [0.05, 0.1) is 12.2 Å². The minimum atomic E-state index is 0.183. The Hall–Kier alpha value is -1.10. The molecule has 0 saturated carbocycles. The van der Waals surface area contributed by atoms with Crippen LogP contribution in [-0.2, 0) is 15.9 Å². The second-order valence-electron chi connectivity index (χ2n) is 4.76. The van der Waals surface area contributed by atoms with Crippen LogP contribution >= 0.6 is 0 Å². The van der Waals surface area contributed by atoms with Gasteiger partial charge in [-0.3, -0.25) is 4.90 Å². The van der Waals surface area contributed by atoms with E-state index in [1.807, 2.05) is 18.2 Å². The topological polar surface area (TPSA) is 47.7 Å². The summed E-state index contributed by atoms with van der Waals surface area (Å²) < 4.78 is 10.9. The van der Waals surface area contributed by atoms with Crippen molar-refractivity contribution in [3.8, 4) is 0 Å². The SMILES string of the molecule is COC1CN(CCc2ccccc2N)CC1OC. The molecule has 1 aromatic rings. The summed E-state index contributed by atoms with van der Waals surface area (Å²) in [6.07, 6.45) is 1.34. The van der Waals surface area contributed by atoms with Crippen LogP contribution in [0.15, 0.2) is 24.3 Å². The van der Waals surface area contributed by atoms with Gasteiger partial charge in [0.25, 0.3) is 0 Å². The van der Waals surface area contributed by atoms with Crippen LogP contribution in [0, 0.1) is 0 Å². The normalized spacial score (nSPS) is 24.6. The average Bonchev–Trinajstić information content (AvgIpc) is 2.80. The Morgan fingerprint density at radius 2 is 1.78 bits per heavy atom. The van der Waals surface area contributed by atoms with Crippen molar-refractivity contribution in [2.45, 2.75) is 18.6 Å². The van der Waals surface area contributed by atoms with Gasteiger partial charge in [0.15, 0.2) is 0 Å². The number of benzene rings is 1. The van der Waals surface area contributed by atoms with Gasteiger partial charge in [-0.15, -0.1) is 0 Å². The van der Waals surface area contributed by atoms with Crippen LogP contribution in [-0.4, -0.2) is 51.0 Å². The molecule has 1 heterocycles. The zero-order valence-corrected chi connectivity index (χ0v) is 11.1. The van der Waals surface area contributed by atoms with Crippen LogP contribution in [0.1, 0.15) is 5.56 Å². The number of ether oxygens (including phenoxy) is 2. The van der Waals surface area contributed by atoms with Gasteiger partial charge < -0.3 is 15.2 Å². The number of anilines is 1. The van der Waals surface area contributed by atoms with Crippen LogP contribution in [0.25, 0.3) is 0 Å². The van der Waals surface area contributed by atoms with Gasteiger partial charge in [-0.05, 0) is 18.1 Å². The number of hydrogen-bond acceptors (Lipinski definition) is 4. The molecule has 0 radical (unpaired) electrons. The predicted octanol–water partition coefficient (Wildman–Crippen LogP) is 1.16. The lowest BCUT2D eigenvalue weighted by molar-refractivity contribution is -0.00461. The summed E-state index contributed by atoms with van der Waals surface area (Å²) in [6, 6.07) is 8.05. The second kappa shape index (κ2) is 6.18. The quantitative estimate of drug-likeness (QED) is 0.797. The van der Waals surface area contributed by atoms with Crippen LogP contribution in [0.3, 0.4) is 0 Å². The number of nitrogens with zero attached hydrogens (tertiary/aromatic N) is 1. The third kappa shape index (κ3) is 3.02. The van der Waals surface area contributed by atoms with E-state index in [-0.39, 0.29) is 12.2 Å². The Bertz CT molecular complexity index is 372. The summed E-state index contributed by atoms with van der Waals surface area (Å²) in [6.45, 7) is 2.86.